The minimum atomic E-state index is -4.31. The highest BCUT2D eigenvalue weighted by Gasteiger charge is 2.33. The second-order valence-corrected chi connectivity index (χ2v) is 12.6. The highest BCUT2D eigenvalue weighted by atomic mass is 35.5. The number of thiophene rings is 1. The van der Waals surface area contributed by atoms with Crippen LogP contribution in [-0.4, -0.2) is 88.3 Å². The molecule has 4 rings (SSSR count). The maximum absolute atomic E-state index is 13.5. The summed E-state index contributed by atoms with van der Waals surface area (Å²) in [5.74, 6) is -1.06. The zero-order valence-corrected chi connectivity index (χ0v) is 23.2. The number of amides is 3. The molecule has 2 aromatic rings. The lowest BCUT2D eigenvalue weighted by Crippen LogP contribution is -2.57. The second kappa shape index (κ2) is 11.7. The first-order valence-electron chi connectivity index (χ1n) is 11.7. The van der Waals surface area contributed by atoms with E-state index in [1.807, 2.05) is 7.05 Å². The number of sulfonamides is 1. The van der Waals surface area contributed by atoms with Crippen molar-refractivity contribution in [1.29, 1.82) is 0 Å². The number of carbonyl (C=O) groups is 3. The van der Waals surface area contributed by atoms with E-state index >= 15 is 0 Å². The molecule has 3 amide bonds. The number of halogens is 2. The Balaban J connectivity index is 1.57. The molecule has 0 unspecified atom stereocenters. The molecule has 200 valence electrons. The minimum Gasteiger partial charge on any atom is -0.349 e. The van der Waals surface area contributed by atoms with Gasteiger partial charge in [0.15, 0.2) is 0 Å². The topological polar surface area (TPSA) is 119 Å². The number of carbonyl (C=O) groups excluding carboxylic acids is 3. The molecule has 0 aliphatic carbocycles. The molecule has 2 N–H and O–H groups in total. The van der Waals surface area contributed by atoms with Gasteiger partial charge in [0.1, 0.15) is 10.9 Å². The first kappa shape index (κ1) is 27.8. The first-order chi connectivity index (χ1) is 17.6. The molecule has 2 fully saturated rings. The Hall–Kier alpha value is -2.22. The largest absolute Gasteiger partial charge is 0.349 e. The maximum atomic E-state index is 13.5. The molecule has 0 radical (unpaired) electrons. The molecular formula is C23H27Cl2N5O5S2. The van der Waals surface area contributed by atoms with E-state index < -0.39 is 27.9 Å². The van der Waals surface area contributed by atoms with E-state index in [0.29, 0.717) is 60.5 Å². The predicted molar refractivity (Wildman–Crippen MR) is 143 cm³/mol. The van der Waals surface area contributed by atoms with Crippen LogP contribution in [0.1, 0.15) is 22.5 Å². The number of likely N-dealkylation sites (N-methyl/N-ethyl adjacent to an activating group) is 1. The van der Waals surface area contributed by atoms with Crippen LogP contribution in [0.15, 0.2) is 35.2 Å². The van der Waals surface area contributed by atoms with Crippen molar-refractivity contribution < 1.29 is 22.8 Å². The lowest BCUT2D eigenvalue weighted by atomic mass is 10.2. The average molecular weight is 589 g/mol. The molecular weight excluding hydrogens is 561 g/mol. The van der Waals surface area contributed by atoms with Crippen molar-refractivity contribution >= 4 is 68.0 Å². The van der Waals surface area contributed by atoms with Crippen molar-refractivity contribution in [2.75, 3.05) is 51.2 Å². The summed E-state index contributed by atoms with van der Waals surface area (Å²) in [5, 5.41) is 2.53. The zero-order valence-electron chi connectivity index (χ0n) is 20.1. The summed E-state index contributed by atoms with van der Waals surface area (Å²) < 4.78 is 29.8. The van der Waals surface area contributed by atoms with Gasteiger partial charge < -0.3 is 20.0 Å². The van der Waals surface area contributed by atoms with E-state index in [1.165, 1.54) is 17.0 Å². The van der Waals surface area contributed by atoms with Gasteiger partial charge in [0, 0.05) is 45.7 Å². The molecule has 0 spiro atoms. The molecule has 1 aromatic carbocycles. The van der Waals surface area contributed by atoms with Gasteiger partial charge in [-0.3, -0.25) is 14.4 Å². The van der Waals surface area contributed by atoms with Crippen LogP contribution in [0.5, 0.6) is 0 Å². The highest BCUT2D eigenvalue weighted by Crippen LogP contribution is 2.34. The van der Waals surface area contributed by atoms with Crippen molar-refractivity contribution in [3.8, 4) is 0 Å². The Labute approximate surface area is 229 Å². The molecule has 2 saturated heterocycles. The third-order valence-electron chi connectivity index (χ3n) is 6.27. The minimum absolute atomic E-state index is 0.103. The number of nitrogens with one attached hydrogen (secondary N) is 2. The fourth-order valence-electron chi connectivity index (χ4n) is 4.21. The van der Waals surface area contributed by atoms with E-state index in [1.54, 1.807) is 23.1 Å². The van der Waals surface area contributed by atoms with E-state index in [0.717, 1.165) is 11.3 Å². The van der Waals surface area contributed by atoms with Crippen LogP contribution in [0.4, 0.5) is 5.69 Å². The van der Waals surface area contributed by atoms with Crippen molar-refractivity contribution in [3.63, 3.8) is 0 Å². The summed E-state index contributed by atoms with van der Waals surface area (Å²) in [6.45, 7) is 2.30. The van der Waals surface area contributed by atoms with Crippen LogP contribution >= 0.6 is 34.5 Å². The summed E-state index contributed by atoms with van der Waals surface area (Å²) in [5.41, 5.74) is 0.303. The number of nitrogens with zero attached hydrogens (tertiary/aromatic N) is 3. The maximum Gasteiger partial charge on any atom is 0.261 e. The molecule has 2 aliphatic rings. The van der Waals surface area contributed by atoms with Gasteiger partial charge in [-0.1, -0.05) is 29.3 Å². The van der Waals surface area contributed by atoms with Crippen molar-refractivity contribution in [3.05, 3.63) is 44.6 Å². The van der Waals surface area contributed by atoms with Crippen LogP contribution in [0.3, 0.4) is 0 Å². The number of hydrogen-bond donors (Lipinski definition) is 2. The molecule has 1 aromatic heterocycles. The van der Waals surface area contributed by atoms with Crippen molar-refractivity contribution in [2.24, 2.45) is 0 Å². The second-order valence-electron chi connectivity index (χ2n) is 8.85. The van der Waals surface area contributed by atoms with Gasteiger partial charge >= 0.3 is 0 Å². The molecule has 14 heteroatoms. The van der Waals surface area contributed by atoms with Crippen molar-refractivity contribution in [2.45, 2.75) is 23.8 Å². The Morgan fingerprint density at radius 1 is 1.08 bits per heavy atom. The van der Waals surface area contributed by atoms with E-state index in [4.69, 9.17) is 23.2 Å². The molecule has 10 nitrogen and oxygen atoms in total. The SMILES string of the molecule is CN1CCN(C(=O)[C@H](CNC(=O)c2ccc(Cl)s2)NS(=O)(=O)c2cccc(N3CCCC3=O)c2Cl)CC1. The molecule has 0 bridgehead atoms. The smallest absolute Gasteiger partial charge is 0.261 e. The molecule has 3 heterocycles. The summed E-state index contributed by atoms with van der Waals surface area (Å²) in [7, 11) is -2.37. The zero-order chi connectivity index (χ0) is 26.7. The predicted octanol–water partition coefficient (Wildman–Crippen LogP) is 2.03. The quantitative estimate of drug-likeness (QED) is 0.488. The fraction of sp³-hybridized carbons (Fsp3) is 0.435. The Morgan fingerprint density at radius 3 is 2.43 bits per heavy atom. The van der Waals surface area contributed by atoms with Gasteiger partial charge in [-0.25, -0.2) is 8.42 Å². The monoisotopic (exact) mass is 587 g/mol. The van der Waals surface area contributed by atoms with Gasteiger partial charge in [0.05, 0.1) is 19.9 Å². The van der Waals surface area contributed by atoms with E-state index in [-0.39, 0.29) is 22.4 Å². The van der Waals surface area contributed by atoms with Crippen molar-refractivity contribution in [1.82, 2.24) is 19.8 Å². The number of rotatable bonds is 8. The van der Waals surface area contributed by atoms with Gasteiger partial charge in [-0.05, 0) is 37.7 Å². The van der Waals surface area contributed by atoms with Crippen LogP contribution in [0, 0.1) is 0 Å². The number of anilines is 1. The van der Waals surface area contributed by atoms with E-state index in [9.17, 15) is 22.8 Å². The summed E-state index contributed by atoms with van der Waals surface area (Å²) in [6, 6.07) is 6.26. The molecule has 37 heavy (non-hydrogen) atoms. The third-order valence-corrected chi connectivity index (χ3v) is 9.52. The van der Waals surface area contributed by atoms with Gasteiger partial charge in [-0.15, -0.1) is 11.3 Å². The first-order valence-corrected chi connectivity index (χ1v) is 14.7. The number of benzene rings is 1. The van der Waals surface area contributed by atoms with Gasteiger partial charge in [-0.2, -0.15) is 4.72 Å². The highest BCUT2D eigenvalue weighted by molar-refractivity contribution is 7.89. The summed E-state index contributed by atoms with van der Waals surface area (Å²) in [4.78, 5) is 43.4. The van der Waals surface area contributed by atoms with Gasteiger partial charge in [0.2, 0.25) is 21.8 Å². The standard InChI is InChI=1S/C23H27Cl2N5O5S2/c1-28-10-12-29(13-11-28)23(33)15(14-26-22(32)17-7-8-19(24)36-17)27-37(34,35)18-5-2-4-16(21(18)25)30-9-3-6-20(30)31/h2,4-5,7-8,15,27H,3,6,9-14H2,1H3,(H,26,32)/t15-/m0/s1. The lowest BCUT2D eigenvalue weighted by Gasteiger charge is -2.34. The summed E-state index contributed by atoms with van der Waals surface area (Å²) in [6.07, 6.45) is 1.02. The number of hydrogen-bond acceptors (Lipinski definition) is 7. The lowest BCUT2D eigenvalue weighted by molar-refractivity contribution is -0.134. The normalized spacial score (nSPS) is 17.8. The van der Waals surface area contributed by atoms with E-state index in [2.05, 4.69) is 14.9 Å². The Bertz CT molecular complexity index is 1290. The molecule has 0 saturated carbocycles. The summed E-state index contributed by atoms with van der Waals surface area (Å²) >= 11 is 13.5. The third kappa shape index (κ3) is 6.44. The van der Waals surface area contributed by atoms with Crippen LogP contribution < -0.4 is 14.9 Å². The molecule has 2 aliphatic heterocycles. The van der Waals surface area contributed by atoms with Crippen LogP contribution in [0.25, 0.3) is 0 Å². The van der Waals surface area contributed by atoms with Crippen LogP contribution in [-0.2, 0) is 19.6 Å². The number of piperazine rings is 1. The molecule has 1 atom stereocenters. The van der Waals surface area contributed by atoms with Crippen LogP contribution in [0.2, 0.25) is 9.36 Å². The fourth-order valence-corrected chi connectivity index (χ4v) is 6.99. The Morgan fingerprint density at radius 2 is 1.81 bits per heavy atom. The average Bonchev–Trinajstić information content (AvgIpc) is 3.49. The Kier molecular flexibility index (Phi) is 8.77. The van der Waals surface area contributed by atoms with Gasteiger partial charge in [0.25, 0.3) is 5.91 Å².